The molecule has 8 heteroatoms. The Morgan fingerprint density at radius 2 is 2.30 bits per heavy atom. The first-order valence-electron chi connectivity index (χ1n) is 6.00. The number of nitriles is 1. The quantitative estimate of drug-likeness (QED) is 0.879. The smallest absolute Gasteiger partial charge is 0.244 e. The number of nitrogens with two attached hydrogens (primary N) is 1. The van der Waals surface area contributed by atoms with Crippen molar-refractivity contribution in [1.29, 1.82) is 5.26 Å². The number of halogens is 1. The summed E-state index contributed by atoms with van der Waals surface area (Å²) in [5.41, 5.74) is 5.82. The SMILES string of the molecule is N#Cc1ccc(S(=O)(=O)N2CCOC(CN)C2)c(Cl)c1. The van der Waals surface area contributed by atoms with Crippen LogP contribution in [0.1, 0.15) is 5.56 Å². The Bertz CT molecular complexity index is 642. The number of hydrogen-bond acceptors (Lipinski definition) is 5. The van der Waals surface area contributed by atoms with Crippen molar-refractivity contribution in [2.24, 2.45) is 5.73 Å². The third-order valence-corrected chi connectivity index (χ3v) is 5.39. The lowest BCUT2D eigenvalue weighted by molar-refractivity contribution is 0.00451. The molecule has 1 heterocycles. The molecule has 0 aromatic heterocycles. The van der Waals surface area contributed by atoms with Crippen molar-refractivity contribution in [3.63, 3.8) is 0 Å². The highest BCUT2D eigenvalue weighted by molar-refractivity contribution is 7.89. The molecule has 1 fully saturated rings. The summed E-state index contributed by atoms with van der Waals surface area (Å²) in [5.74, 6) is 0. The van der Waals surface area contributed by atoms with E-state index in [-0.39, 0.29) is 35.7 Å². The second kappa shape index (κ2) is 6.08. The molecule has 0 spiro atoms. The zero-order valence-electron chi connectivity index (χ0n) is 10.6. The van der Waals surface area contributed by atoms with Gasteiger partial charge < -0.3 is 10.5 Å². The van der Waals surface area contributed by atoms with Gasteiger partial charge in [0.15, 0.2) is 0 Å². The minimum absolute atomic E-state index is 0.00385. The maximum atomic E-state index is 12.5. The van der Waals surface area contributed by atoms with Gasteiger partial charge in [-0.2, -0.15) is 9.57 Å². The van der Waals surface area contributed by atoms with Crippen molar-refractivity contribution in [3.8, 4) is 6.07 Å². The van der Waals surface area contributed by atoms with Crippen LogP contribution in [0, 0.1) is 11.3 Å². The van der Waals surface area contributed by atoms with Gasteiger partial charge in [-0.25, -0.2) is 8.42 Å². The van der Waals surface area contributed by atoms with Crippen molar-refractivity contribution >= 4 is 21.6 Å². The fraction of sp³-hybridized carbons (Fsp3) is 0.417. The van der Waals surface area contributed by atoms with E-state index in [4.69, 9.17) is 27.3 Å². The first-order valence-corrected chi connectivity index (χ1v) is 7.82. The van der Waals surface area contributed by atoms with Crippen molar-refractivity contribution < 1.29 is 13.2 Å². The molecule has 1 atom stereocenters. The summed E-state index contributed by atoms with van der Waals surface area (Å²) < 4.78 is 31.7. The zero-order chi connectivity index (χ0) is 14.8. The third-order valence-electron chi connectivity index (χ3n) is 3.04. The fourth-order valence-corrected chi connectivity index (χ4v) is 3.95. The lowest BCUT2D eigenvalue weighted by atomic mass is 10.2. The highest BCUT2D eigenvalue weighted by atomic mass is 35.5. The van der Waals surface area contributed by atoms with Crippen molar-refractivity contribution in [2.75, 3.05) is 26.2 Å². The molecule has 1 aliphatic rings. The molecule has 0 aliphatic carbocycles. The Morgan fingerprint density at radius 1 is 1.55 bits per heavy atom. The van der Waals surface area contributed by atoms with Gasteiger partial charge in [0.25, 0.3) is 0 Å². The largest absolute Gasteiger partial charge is 0.374 e. The van der Waals surface area contributed by atoms with Gasteiger partial charge in [0, 0.05) is 19.6 Å². The molecular formula is C12H14ClN3O3S. The van der Waals surface area contributed by atoms with Crippen LogP contribution >= 0.6 is 11.6 Å². The molecule has 108 valence electrons. The highest BCUT2D eigenvalue weighted by Crippen LogP contribution is 2.26. The normalized spacial score (nSPS) is 20.6. The maximum absolute atomic E-state index is 12.5. The number of sulfonamides is 1. The molecule has 1 unspecified atom stereocenters. The summed E-state index contributed by atoms with van der Waals surface area (Å²) in [5, 5.41) is 8.81. The Kier molecular flexibility index (Phi) is 4.62. The predicted octanol–water partition coefficient (Wildman–Crippen LogP) is 0.560. The molecule has 0 amide bonds. The second-order valence-electron chi connectivity index (χ2n) is 4.35. The first kappa shape index (κ1) is 15.2. The van der Waals surface area contributed by atoms with Gasteiger partial charge in [0.05, 0.1) is 29.4 Å². The molecule has 1 saturated heterocycles. The summed E-state index contributed by atoms with van der Waals surface area (Å²) in [6, 6.07) is 6.04. The topological polar surface area (TPSA) is 96.4 Å². The molecule has 1 aromatic rings. The maximum Gasteiger partial charge on any atom is 0.244 e. The summed E-state index contributed by atoms with van der Waals surface area (Å²) in [7, 11) is -3.70. The molecule has 2 N–H and O–H groups in total. The van der Waals surface area contributed by atoms with Gasteiger partial charge in [-0.3, -0.25) is 0 Å². The van der Waals surface area contributed by atoms with Crippen molar-refractivity contribution in [3.05, 3.63) is 28.8 Å². The summed E-state index contributed by atoms with van der Waals surface area (Å²) in [6.45, 7) is 1.02. The molecule has 0 radical (unpaired) electrons. The number of morpholine rings is 1. The molecule has 0 saturated carbocycles. The Balaban J connectivity index is 2.33. The van der Waals surface area contributed by atoms with E-state index in [0.717, 1.165) is 0 Å². The Labute approximate surface area is 122 Å². The molecule has 2 rings (SSSR count). The third kappa shape index (κ3) is 2.95. The van der Waals surface area contributed by atoms with Crippen LogP contribution in [0.5, 0.6) is 0 Å². The highest BCUT2D eigenvalue weighted by Gasteiger charge is 2.31. The van der Waals surface area contributed by atoms with Crippen LogP contribution in [0.3, 0.4) is 0 Å². The zero-order valence-corrected chi connectivity index (χ0v) is 12.2. The monoisotopic (exact) mass is 315 g/mol. The van der Waals surface area contributed by atoms with Crippen LogP contribution in [0.4, 0.5) is 0 Å². The van der Waals surface area contributed by atoms with E-state index < -0.39 is 10.0 Å². The molecule has 1 aromatic carbocycles. The second-order valence-corrected chi connectivity index (χ2v) is 6.66. The number of nitrogens with zero attached hydrogens (tertiary/aromatic N) is 2. The predicted molar refractivity (Wildman–Crippen MR) is 73.7 cm³/mol. The van der Waals surface area contributed by atoms with E-state index in [9.17, 15) is 8.42 Å². The van der Waals surface area contributed by atoms with Gasteiger partial charge in [-0.15, -0.1) is 0 Å². The standard InChI is InChI=1S/C12H14ClN3O3S/c13-11-5-9(6-14)1-2-12(11)20(17,18)16-3-4-19-10(7-15)8-16/h1-2,5,10H,3-4,7-8,15H2. The summed E-state index contributed by atoms with van der Waals surface area (Å²) >= 11 is 5.97. The van der Waals surface area contributed by atoms with Crippen molar-refractivity contribution in [1.82, 2.24) is 4.31 Å². The van der Waals surface area contributed by atoms with Gasteiger partial charge in [-0.05, 0) is 18.2 Å². The van der Waals surface area contributed by atoms with E-state index >= 15 is 0 Å². The Hall–Kier alpha value is -1.17. The minimum Gasteiger partial charge on any atom is -0.374 e. The average Bonchev–Trinajstić information content (AvgIpc) is 2.46. The van der Waals surface area contributed by atoms with Gasteiger partial charge >= 0.3 is 0 Å². The van der Waals surface area contributed by atoms with Crippen LogP contribution in [0.25, 0.3) is 0 Å². The van der Waals surface area contributed by atoms with Crippen LogP contribution in [-0.4, -0.2) is 45.1 Å². The fourth-order valence-electron chi connectivity index (χ4n) is 1.97. The number of ether oxygens (including phenoxy) is 1. The molecule has 20 heavy (non-hydrogen) atoms. The van der Waals surface area contributed by atoms with E-state index in [1.54, 1.807) is 0 Å². The number of rotatable bonds is 3. The van der Waals surface area contributed by atoms with Gasteiger partial charge in [0.2, 0.25) is 10.0 Å². The number of hydrogen-bond donors (Lipinski definition) is 1. The van der Waals surface area contributed by atoms with Gasteiger partial charge in [-0.1, -0.05) is 11.6 Å². The molecule has 1 aliphatic heterocycles. The van der Waals surface area contributed by atoms with E-state index in [1.165, 1.54) is 22.5 Å². The van der Waals surface area contributed by atoms with E-state index in [1.807, 2.05) is 6.07 Å². The lowest BCUT2D eigenvalue weighted by Crippen LogP contribution is -2.48. The van der Waals surface area contributed by atoms with Crippen molar-refractivity contribution in [2.45, 2.75) is 11.0 Å². The van der Waals surface area contributed by atoms with Crippen LogP contribution in [0.15, 0.2) is 23.1 Å². The van der Waals surface area contributed by atoms with E-state index in [0.29, 0.717) is 12.2 Å². The van der Waals surface area contributed by atoms with Crippen LogP contribution < -0.4 is 5.73 Å². The lowest BCUT2D eigenvalue weighted by Gasteiger charge is -2.31. The molecule has 6 nitrogen and oxygen atoms in total. The molecule has 0 bridgehead atoms. The Morgan fingerprint density at radius 3 is 2.90 bits per heavy atom. The van der Waals surface area contributed by atoms with Gasteiger partial charge in [0.1, 0.15) is 4.90 Å². The molecular weight excluding hydrogens is 302 g/mol. The average molecular weight is 316 g/mol. The number of benzene rings is 1. The van der Waals surface area contributed by atoms with Crippen LogP contribution in [-0.2, 0) is 14.8 Å². The first-order chi connectivity index (χ1) is 9.48. The summed E-state index contributed by atoms with van der Waals surface area (Å²) in [4.78, 5) is -0.00385. The minimum atomic E-state index is -3.70. The van der Waals surface area contributed by atoms with E-state index in [2.05, 4.69) is 0 Å². The van der Waals surface area contributed by atoms with Crippen LogP contribution in [0.2, 0.25) is 5.02 Å². The summed E-state index contributed by atoms with van der Waals surface area (Å²) in [6.07, 6.45) is -0.310.